The van der Waals surface area contributed by atoms with Crippen molar-refractivity contribution >= 4 is 5.97 Å². The molecule has 3 atom stereocenters. The van der Waals surface area contributed by atoms with Crippen molar-refractivity contribution in [1.29, 1.82) is 0 Å². The maximum Gasteiger partial charge on any atom is 0.307 e. The molecule has 4 heteroatoms. The molecule has 3 unspecified atom stereocenters. The normalized spacial score (nSPS) is 30.9. The number of rotatable bonds is 4. The third-order valence-corrected chi connectivity index (χ3v) is 4.04. The van der Waals surface area contributed by atoms with E-state index >= 15 is 0 Å². The van der Waals surface area contributed by atoms with Crippen LogP contribution in [0.15, 0.2) is 0 Å². The van der Waals surface area contributed by atoms with Crippen molar-refractivity contribution in [3.8, 4) is 0 Å². The summed E-state index contributed by atoms with van der Waals surface area (Å²) in [5, 5.41) is 3.57. The minimum absolute atomic E-state index is 0.122. The number of ether oxygens (including phenoxy) is 1. The van der Waals surface area contributed by atoms with E-state index in [0.717, 1.165) is 6.04 Å². The molecule has 2 aliphatic heterocycles. The van der Waals surface area contributed by atoms with E-state index in [4.69, 9.17) is 4.74 Å². The quantitative estimate of drug-likeness (QED) is 0.749. The average molecular weight is 240 g/mol. The van der Waals surface area contributed by atoms with Gasteiger partial charge in [0, 0.05) is 18.1 Å². The second-order valence-corrected chi connectivity index (χ2v) is 5.40. The van der Waals surface area contributed by atoms with Gasteiger partial charge in [0.1, 0.15) is 0 Å². The fourth-order valence-electron chi connectivity index (χ4n) is 3.17. The zero-order chi connectivity index (χ0) is 12.3. The first-order valence-corrected chi connectivity index (χ1v) is 6.76. The molecule has 0 aliphatic carbocycles. The van der Waals surface area contributed by atoms with Crippen LogP contribution in [0.3, 0.4) is 0 Å². The van der Waals surface area contributed by atoms with Crippen LogP contribution in [-0.4, -0.2) is 49.2 Å². The maximum absolute atomic E-state index is 11.2. The van der Waals surface area contributed by atoms with Crippen LogP contribution in [0.5, 0.6) is 0 Å². The Morgan fingerprint density at radius 1 is 1.47 bits per heavy atom. The van der Waals surface area contributed by atoms with Crippen LogP contribution in [0, 0.1) is 0 Å². The van der Waals surface area contributed by atoms with Crippen molar-refractivity contribution in [2.75, 3.05) is 20.2 Å². The average Bonchev–Trinajstić information content (AvgIpc) is 2.75. The number of esters is 1. The second-order valence-electron chi connectivity index (χ2n) is 5.40. The molecule has 0 aromatic heterocycles. The Morgan fingerprint density at radius 3 is 3.06 bits per heavy atom. The number of piperidine rings is 1. The summed E-state index contributed by atoms with van der Waals surface area (Å²) in [5.41, 5.74) is 0. The fraction of sp³-hybridized carbons (Fsp3) is 0.923. The topological polar surface area (TPSA) is 41.6 Å². The van der Waals surface area contributed by atoms with Crippen LogP contribution in [0.1, 0.15) is 39.0 Å². The summed E-state index contributed by atoms with van der Waals surface area (Å²) < 4.78 is 4.69. The lowest BCUT2D eigenvalue weighted by Crippen LogP contribution is -2.48. The van der Waals surface area contributed by atoms with E-state index in [2.05, 4.69) is 17.1 Å². The van der Waals surface area contributed by atoms with Crippen LogP contribution >= 0.6 is 0 Å². The van der Waals surface area contributed by atoms with Gasteiger partial charge in [-0.3, -0.25) is 4.79 Å². The first-order chi connectivity index (χ1) is 8.19. The van der Waals surface area contributed by atoms with E-state index in [-0.39, 0.29) is 12.0 Å². The molecule has 2 fully saturated rings. The number of hydrogen-bond donors (Lipinski definition) is 1. The smallest absolute Gasteiger partial charge is 0.307 e. The van der Waals surface area contributed by atoms with E-state index < -0.39 is 0 Å². The molecule has 0 aromatic rings. The number of carbonyl (C=O) groups excluding carboxylic acids is 1. The molecule has 2 heterocycles. The zero-order valence-electron chi connectivity index (χ0n) is 10.9. The predicted octanol–water partition coefficient (Wildman–Crippen LogP) is 1.15. The third kappa shape index (κ3) is 3.42. The van der Waals surface area contributed by atoms with E-state index in [1.807, 2.05) is 0 Å². The highest BCUT2D eigenvalue weighted by Crippen LogP contribution is 2.27. The van der Waals surface area contributed by atoms with Crippen LogP contribution in [0.2, 0.25) is 0 Å². The molecule has 98 valence electrons. The van der Waals surface area contributed by atoms with E-state index in [1.165, 1.54) is 45.9 Å². The predicted molar refractivity (Wildman–Crippen MR) is 66.8 cm³/mol. The third-order valence-electron chi connectivity index (χ3n) is 4.04. The van der Waals surface area contributed by atoms with Crippen LogP contribution in [0.25, 0.3) is 0 Å². The number of methoxy groups -OCH3 is 1. The number of nitrogens with zero attached hydrogens (tertiary/aromatic N) is 1. The Labute approximate surface area is 104 Å². The van der Waals surface area contributed by atoms with Crippen LogP contribution in [-0.2, 0) is 9.53 Å². The van der Waals surface area contributed by atoms with Gasteiger partial charge in [-0.05, 0) is 45.7 Å². The molecule has 1 N–H and O–H groups in total. The summed E-state index contributed by atoms with van der Waals surface area (Å²) in [6.07, 6.45) is 5.63. The molecule has 2 saturated heterocycles. The fourth-order valence-corrected chi connectivity index (χ4v) is 3.17. The van der Waals surface area contributed by atoms with Gasteiger partial charge >= 0.3 is 5.97 Å². The highest BCUT2D eigenvalue weighted by Gasteiger charge is 2.32. The Bertz CT molecular complexity index is 270. The standard InChI is InChI=1S/C13H24N2O2/c1-10(8-13(16)17-2)14-11-5-7-15-6-3-4-12(15)9-11/h10-12,14H,3-9H2,1-2H3. The number of carbonyl (C=O) groups is 1. The molecule has 4 nitrogen and oxygen atoms in total. The Kier molecular flexibility index (Phi) is 4.40. The summed E-state index contributed by atoms with van der Waals surface area (Å²) in [4.78, 5) is 13.8. The van der Waals surface area contributed by atoms with Crippen molar-refractivity contribution in [1.82, 2.24) is 10.2 Å². The Morgan fingerprint density at radius 2 is 2.29 bits per heavy atom. The molecule has 0 bridgehead atoms. The van der Waals surface area contributed by atoms with E-state index in [0.29, 0.717) is 12.5 Å². The first kappa shape index (κ1) is 12.8. The molecule has 0 amide bonds. The Hall–Kier alpha value is -0.610. The van der Waals surface area contributed by atoms with Crippen LogP contribution < -0.4 is 5.32 Å². The van der Waals surface area contributed by atoms with Crippen molar-refractivity contribution in [2.24, 2.45) is 0 Å². The summed E-state index contributed by atoms with van der Waals surface area (Å²) in [6.45, 7) is 4.57. The molecule has 0 saturated carbocycles. The monoisotopic (exact) mass is 240 g/mol. The van der Waals surface area contributed by atoms with Crippen molar-refractivity contribution in [3.05, 3.63) is 0 Å². The summed E-state index contributed by atoms with van der Waals surface area (Å²) >= 11 is 0. The molecule has 0 radical (unpaired) electrons. The SMILES string of the molecule is COC(=O)CC(C)NC1CCN2CCCC2C1. The second kappa shape index (κ2) is 5.83. The Balaban J connectivity index is 1.74. The lowest BCUT2D eigenvalue weighted by molar-refractivity contribution is -0.141. The van der Waals surface area contributed by atoms with Gasteiger partial charge in [0.2, 0.25) is 0 Å². The van der Waals surface area contributed by atoms with Crippen molar-refractivity contribution in [2.45, 2.75) is 57.2 Å². The minimum atomic E-state index is -0.122. The summed E-state index contributed by atoms with van der Waals surface area (Å²) in [5.74, 6) is -0.122. The lowest BCUT2D eigenvalue weighted by Gasteiger charge is -2.36. The zero-order valence-corrected chi connectivity index (χ0v) is 10.9. The molecule has 0 aromatic carbocycles. The van der Waals surface area contributed by atoms with Gasteiger partial charge in [-0.1, -0.05) is 0 Å². The number of hydrogen-bond acceptors (Lipinski definition) is 4. The number of nitrogens with one attached hydrogen (secondary N) is 1. The number of fused-ring (bicyclic) bond motifs is 1. The van der Waals surface area contributed by atoms with Gasteiger partial charge in [0.15, 0.2) is 0 Å². The van der Waals surface area contributed by atoms with E-state index in [1.54, 1.807) is 0 Å². The van der Waals surface area contributed by atoms with E-state index in [9.17, 15) is 4.79 Å². The highest BCUT2D eigenvalue weighted by atomic mass is 16.5. The van der Waals surface area contributed by atoms with Gasteiger partial charge in [-0.25, -0.2) is 0 Å². The molecular weight excluding hydrogens is 216 g/mol. The lowest BCUT2D eigenvalue weighted by atomic mass is 9.96. The van der Waals surface area contributed by atoms with Crippen LogP contribution in [0.4, 0.5) is 0 Å². The molecular formula is C13H24N2O2. The molecule has 17 heavy (non-hydrogen) atoms. The molecule has 2 aliphatic rings. The van der Waals surface area contributed by atoms with Crippen molar-refractivity contribution in [3.63, 3.8) is 0 Å². The summed E-state index contributed by atoms with van der Waals surface area (Å²) in [7, 11) is 1.45. The first-order valence-electron chi connectivity index (χ1n) is 6.76. The van der Waals surface area contributed by atoms with Crippen molar-refractivity contribution < 1.29 is 9.53 Å². The molecule has 2 rings (SSSR count). The molecule has 0 spiro atoms. The minimum Gasteiger partial charge on any atom is -0.469 e. The van der Waals surface area contributed by atoms with Gasteiger partial charge < -0.3 is 15.0 Å². The van der Waals surface area contributed by atoms with Gasteiger partial charge in [-0.2, -0.15) is 0 Å². The summed E-state index contributed by atoms with van der Waals surface area (Å²) in [6, 6.07) is 1.58. The largest absolute Gasteiger partial charge is 0.469 e. The maximum atomic E-state index is 11.2. The highest BCUT2D eigenvalue weighted by molar-refractivity contribution is 5.69. The van der Waals surface area contributed by atoms with Gasteiger partial charge in [-0.15, -0.1) is 0 Å². The van der Waals surface area contributed by atoms with Gasteiger partial charge in [0.05, 0.1) is 13.5 Å². The van der Waals surface area contributed by atoms with Gasteiger partial charge in [0.25, 0.3) is 0 Å².